The van der Waals surface area contributed by atoms with Crippen LogP contribution in [0.2, 0.25) is 0 Å². The molecule has 4 nitrogen and oxygen atoms in total. The Morgan fingerprint density at radius 1 is 1.36 bits per heavy atom. The predicted molar refractivity (Wildman–Crippen MR) is 53.4 cm³/mol. The highest BCUT2D eigenvalue weighted by Gasteiger charge is 2.15. The molecule has 0 aliphatic heterocycles. The Hall–Kier alpha value is -1.04. The van der Waals surface area contributed by atoms with Crippen molar-refractivity contribution >= 4 is 12.6 Å². The van der Waals surface area contributed by atoms with Crippen molar-refractivity contribution in [1.82, 2.24) is 0 Å². The molecule has 76 valence electrons. The summed E-state index contributed by atoms with van der Waals surface area (Å²) >= 11 is 0. The summed E-state index contributed by atoms with van der Waals surface area (Å²) in [7, 11) is -1.05. The van der Waals surface area contributed by atoms with Gasteiger partial charge in [0.2, 0.25) is 0 Å². The average molecular weight is 196 g/mol. The first-order valence-corrected chi connectivity index (χ1v) is 4.43. The maximum atomic E-state index is 9.46. The second-order valence-corrected chi connectivity index (χ2v) is 2.90. The molecule has 0 saturated carbocycles. The van der Waals surface area contributed by atoms with Crippen LogP contribution in [-0.2, 0) is 4.65 Å². The van der Waals surface area contributed by atoms with E-state index in [4.69, 9.17) is 14.9 Å². The van der Waals surface area contributed by atoms with Gasteiger partial charge in [0.05, 0.1) is 0 Å². The number of rotatable bonds is 5. The van der Waals surface area contributed by atoms with Crippen molar-refractivity contribution in [3.63, 3.8) is 0 Å². The average Bonchev–Trinajstić information content (AvgIpc) is 2.18. The summed E-state index contributed by atoms with van der Waals surface area (Å²) in [6.45, 7) is 0.320. The first kappa shape index (κ1) is 11.0. The Morgan fingerprint density at radius 3 is 2.79 bits per heavy atom. The molecule has 3 N–H and O–H groups in total. The van der Waals surface area contributed by atoms with Crippen LogP contribution in [0.3, 0.4) is 0 Å². The van der Waals surface area contributed by atoms with E-state index in [1.54, 1.807) is 12.1 Å². The Balaban J connectivity index is 2.47. The third-order valence-corrected chi connectivity index (χ3v) is 1.73. The molecule has 1 aromatic rings. The molecule has 1 aromatic carbocycles. The lowest BCUT2D eigenvalue weighted by atomic mass is 9.79. The number of phenolic OH excluding ortho intramolecular Hbond substituents is 1. The molecule has 0 aliphatic rings. The van der Waals surface area contributed by atoms with E-state index in [0.29, 0.717) is 11.9 Å². The van der Waals surface area contributed by atoms with E-state index in [1.807, 2.05) is 0 Å². The van der Waals surface area contributed by atoms with Gasteiger partial charge in [0.1, 0.15) is 5.75 Å². The topological polar surface area (TPSA) is 69.9 Å². The Labute approximate surface area is 82.9 Å². The Bertz CT molecular complexity index is 279. The van der Waals surface area contributed by atoms with Crippen LogP contribution in [0.25, 0.3) is 0 Å². The minimum atomic E-state index is -1.05. The number of hydrogen-bond donors (Lipinski definition) is 3. The number of aliphatic hydroxyl groups excluding tert-OH is 1. The van der Waals surface area contributed by atoms with E-state index in [9.17, 15) is 5.02 Å². The van der Waals surface area contributed by atoms with Crippen LogP contribution in [0.4, 0.5) is 0 Å². The summed E-state index contributed by atoms with van der Waals surface area (Å²) < 4.78 is 5.01. The first-order valence-electron chi connectivity index (χ1n) is 4.43. The van der Waals surface area contributed by atoms with Crippen molar-refractivity contribution in [2.24, 2.45) is 0 Å². The van der Waals surface area contributed by atoms with E-state index in [2.05, 4.69) is 0 Å². The maximum Gasteiger partial charge on any atom is 0.491 e. The molecule has 0 spiro atoms. The molecule has 0 aromatic heterocycles. The molecule has 0 unspecified atom stereocenters. The monoisotopic (exact) mass is 196 g/mol. The van der Waals surface area contributed by atoms with Gasteiger partial charge in [-0.1, -0.05) is 12.1 Å². The Kier molecular flexibility index (Phi) is 4.45. The van der Waals surface area contributed by atoms with Crippen molar-refractivity contribution in [3.05, 3.63) is 24.3 Å². The minimum absolute atomic E-state index is 0.0345. The van der Waals surface area contributed by atoms with Crippen LogP contribution < -0.4 is 5.46 Å². The summed E-state index contributed by atoms with van der Waals surface area (Å²) in [4.78, 5) is 0. The zero-order chi connectivity index (χ0) is 10.4. The standard InChI is InChI=1S/C9H13BO4/c11-5-2-6-14-10(13)8-3-1-4-9(12)7-8/h1,3-4,7,11-13H,2,5-6H2. The maximum absolute atomic E-state index is 9.46. The van der Waals surface area contributed by atoms with Crippen molar-refractivity contribution in [3.8, 4) is 5.75 Å². The molecular weight excluding hydrogens is 183 g/mol. The van der Waals surface area contributed by atoms with Crippen LogP contribution in [0.1, 0.15) is 6.42 Å². The van der Waals surface area contributed by atoms with E-state index in [0.717, 1.165) is 0 Å². The van der Waals surface area contributed by atoms with Crippen LogP contribution in [0.5, 0.6) is 5.75 Å². The summed E-state index contributed by atoms with van der Waals surface area (Å²) in [5, 5.41) is 27.1. The highest BCUT2D eigenvalue weighted by atomic mass is 16.5. The van der Waals surface area contributed by atoms with Gasteiger partial charge in [0.15, 0.2) is 0 Å². The number of aromatic hydroxyl groups is 1. The van der Waals surface area contributed by atoms with Gasteiger partial charge in [-0.15, -0.1) is 0 Å². The lowest BCUT2D eigenvalue weighted by molar-refractivity contribution is 0.216. The molecule has 0 saturated heterocycles. The van der Waals surface area contributed by atoms with Gasteiger partial charge in [0.25, 0.3) is 0 Å². The van der Waals surface area contributed by atoms with Crippen LogP contribution >= 0.6 is 0 Å². The van der Waals surface area contributed by atoms with E-state index in [1.165, 1.54) is 12.1 Å². The van der Waals surface area contributed by atoms with Crippen LogP contribution in [0, 0.1) is 0 Å². The summed E-state index contributed by atoms with van der Waals surface area (Å²) in [6, 6.07) is 6.24. The smallest absolute Gasteiger partial charge is 0.491 e. The fourth-order valence-corrected chi connectivity index (χ4v) is 1.03. The van der Waals surface area contributed by atoms with Crippen LogP contribution in [-0.4, -0.2) is 35.6 Å². The molecule has 0 bridgehead atoms. The minimum Gasteiger partial charge on any atom is -0.508 e. The van der Waals surface area contributed by atoms with Gasteiger partial charge in [-0.25, -0.2) is 0 Å². The fourth-order valence-electron chi connectivity index (χ4n) is 1.03. The predicted octanol–water partition coefficient (Wildman–Crippen LogP) is -0.521. The third-order valence-electron chi connectivity index (χ3n) is 1.73. The van der Waals surface area contributed by atoms with Gasteiger partial charge in [-0.3, -0.25) is 0 Å². The zero-order valence-corrected chi connectivity index (χ0v) is 7.76. The van der Waals surface area contributed by atoms with E-state index >= 15 is 0 Å². The molecule has 0 amide bonds. The van der Waals surface area contributed by atoms with Crippen molar-refractivity contribution in [2.45, 2.75) is 6.42 Å². The summed E-state index contributed by atoms with van der Waals surface area (Å²) in [6.07, 6.45) is 0.482. The van der Waals surface area contributed by atoms with Gasteiger partial charge in [-0.05, 0) is 24.0 Å². The van der Waals surface area contributed by atoms with Gasteiger partial charge < -0.3 is 19.9 Å². The van der Waals surface area contributed by atoms with Gasteiger partial charge >= 0.3 is 7.12 Å². The quantitative estimate of drug-likeness (QED) is 0.437. The molecule has 1 rings (SSSR count). The normalized spacial score (nSPS) is 10.1. The highest BCUT2D eigenvalue weighted by Crippen LogP contribution is 2.03. The second kappa shape index (κ2) is 5.64. The fraction of sp³-hybridized carbons (Fsp3) is 0.333. The largest absolute Gasteiger partial charge is 0.508 e. The molecule has 14 heavy (non-hydrogen) atoms. The van der Waals surface area contributed by atoms with Gasteiger partial charge in [-0.2, -0.15) is 0 Å². The number of benzene rings is 1. The number of aliphatic hydroxyl groups is 1. The third kappa shape index (κ3) is 3.37. The Morgan fingerprint density at radius 2 is 2.14 bits per heavy atom. The van der Waals surface area contributed by atoms with Crippen LogP contribution in [0.15, 0.2) is 24.3 Å². The van der Waals surface area contributed by atoms with E-state index < -0.39 is 7.12 Å². The molecule has 5 heteroatoms. The molecular formula is C9H13BO4. The van der Waals surface area contributed by atoms with Crippen molar-refractivity contribution in [1.29, 1.82) is 0 Å². The highest BCUT2D eigenvalue weighted by molar-refractivity contribution is 6.60. The number of hydrogen-bond acceptors (Lipinski definition) is 4. The lowest BCUT2D eigenvalue weighted by Gasteiger charge is -2.07. The molecule has 0 heterocycles. The summed E-state index contributed by atoms with van der Waals surface area (Å²) in [5.74, 6) is 0.0901. The van der Waals surface area contributed by atoms with Crippen molar-refractivity contribution < 1.29 is 19.9 Å². The molecule has 0 atom stereocenters. The van der Waals surface area contributed by atoms with Gasteiger partial charge in [0, 0.05) is 13.2 Å². The first-order chi connectivity index (χ1) is 6.74. The van der Waals surface area contributed by atoms with Crippen molar-refractivity contribution in [2.75, 3.05) is 13.2 Å². The second-order valence-electron chi connectivity index (χ2n) is 2.90. The molecule has 0 radical (unpaired) electrons. The SMILES string of the molecule is OCCCOB(O)c1cccc(O)c1. The number of phenols is 1. The van der Waals surface area contributed by atoms with E-state index in [-0.39, 0.29) is 19.0 Å². The zero-order valence-electron chi connectivity index (χ0n) is 7.76. The molecule has 0 aliphatic carbocycles. The summed E-state index contributed by atoms with van der Waals surface area (Å²) in [5.41, 5.74) is 0.503. The molecule has 0 fully saturated rings. The lowest BCUT2D eigenvalue weighted by Crippen LogP contribution is -2.33.